The fourth-order valence-corrected chi connectivity index (χ4v) is 0.951. The second kappa shape index (κ2) is 4.89. The number of rotatable bonds is 3. The predicted octanol–water partition coefficient (Wildman–Crippen LogP) is 2.28. The van der Waals surface area contributed by atoms with Gasteiger partial charge in [0, 0.05) is 0 Å². The number of esters is 1. The first-order valence-electron chi connectivity index (χ1n) is 4.11. The van der Waals surface area contributed by atoms with Gasteiger partial charge in [-0.3, -0.25) is 4.79 Å². The van der Waals surface area contributed by atoms with Gasteiger partial charge in [0.15, 0.2) is 0 Å². The van der Waals surface area contributed by atoms with Gasteiger partial charge in [-0.1, -0.05) is 0 Å². The molecule has 0 aliphatic carbocycles. The molecule has 0 saturated heterocycles. The summed E-state index contributed by atoms with van der Waals surface area (Å²) in [6.45, 7) is 1.45. The van der Waals surface area contributed by atoms with E-state index in [1.54, 1.807) is 0 Å². The normalized spacial score (nSPS) is 15.1. The fourth-order valence-electron chi connectivity index (χ4n) is 0.951. The Kier molecular flexibility index (Phi) is 4.59. The number of hydrogen-bond donors (Lipinski definition) is 0. The van der Waals surface area contributed by atoms with Crippen LogP contribution in [-0.2, 0) is 9.53 Å². The van der Waals surface area contributed by atoms with Crippen molar-refractivity contribution in [1.29, 1.82) is 0 Å². The van der Waals surface area contributed by atoms with Crippen LogP contribution in [0.25, 0.3) is 0 Å². The largest absolute Gasteiger partial charge is 0.467 e. The second-order valence-electron chi connectivity index (χ2n) is 2.73. The van der Waals surface area contributed by atoms with Gasteiger partial charge >= 0.3 is 18.6 Å². The van der Waals surface area contributed by atoms with Crippen molar-refractivity contribution in [3.05, 3.63) is 0 Å². The zero-order chi connectivity index (χ0) is 13.1. The van der Waals surface area contributed by atoms with E-state index in [0.717, 1.165) is 0 Å². The van der Waals surface area contributed by atoms with Crippen LogP contribution in [0.3, 0.4) is 0 Å². The minimum atomic E-state index is -5.69. The van der Waals surface area contributed by atoms with Gasteiger partial charge in [-0.05, 0) is 13.8 Å². The number of ether oxygens (including phenoxy) is 1. The summed E-state index contributed by atoms with van der Waals surface area (Å²) in [7, 11) is 0. The molecule has 3 nitrogen and oxygen atoms in total. The lowest BCUT2D eigenvalue weighted by Crippen LogP contribution is -2.55. The van der Waals surface area contributed by atoms with Crippen molar-refractivity contribution in [3.8, 4) is 0 Å². The van der Waals surface area contributed by atoms with Crippen LogP contribution < -0.4 is 0 Å². The van der Waals surface area contributed by atoms with Crippen molar-refractivity contribution >= 4 is 5.97 Å². The summed E-state index contributed by atoms with van der Waals surface area (Å²) in [5.74, 6) is -1.59. The van der Waals surface area contributed by atoms with Gasteiger partial charge in [0.05, 0.1) is 6.61 Å². The summed E-state index contributed by atoms with van der Waals surface area (Å²) in [5.41, 5.74) is 0. The first-order chi connectivity index (χ1) is 7.01. The first kappa shape index (κ1) is 15.0. The lowest BCUT2D eigenvalue weighted by molar-refractivity contribution is -0.381. The van der Waals surface area contributed by atoms with E-state index in [1.165, 1.54) is 6.92 Å². The van der Waals surface area contributed by atoms with Gasteiger partial charge < -0.3 is 4.74 Å². The van der Waals surface area contributed by atoms with Gasteiger partial charge in [0.25, 0.3) is 0 Å². The molecule has 0 aromatic carbocycles. The molecule has 0 saturated carbocycles. The fraction of sp³-hybridized carbons (Fsp3) is 0.857. The summed E-state index contributed by atoms with van der Waals surface area (Å²) in [5, 5.41) is 0. The van der Waals surface area contributed by atoms with E-state index in [-0.39, 0.29) is 6.61 Å². The van der Waals surface area contributed by atoms with Crippen molar-refractivity contribution in [2.75, 3.05) is 6.61 Å². The van der Waals surface area contributed by atoms with E-state index in [9.17, 15) is 31.1 Å². The third-order valence-corrected chi connectivity index (χ3v) is 1.56. The Morgan fingerprint density at radius 2 is 1.56 bits per heavy atom. The predicted molar refractivity (Wildman–Crippen MR) is 40.0 cm³/mol. The van der Waals surface area contributed by atoms with Crippen LogP contribution in [-0.4, -0.2) is 36.1 Å². The van der Waals surface area contributed by atoms with Crippen LogP contribution in [0.4, 0.5) is 26.3 Å². The summed E-state index contributed by atoms with van der Waals surface area (Å²) in [6.07, 6.45) is -11.4. The maximum atomic E-state index is 12.1. The number of carbonyl (C=O) groups excluding carboxylic acids is 1. The Morgan fingerprint density at radius 3 is 1.81 bits per heavy atom. The van der Waals surface area contributed by atoms with Crippen LogP contribution in [0, 0.1) is 0 Å². The molecule has 0 rings (SSSR count). The Bertz CT molecular complexity index is 234. The van der Waals surface area contributed by atoms with E-state index >= 15 is 0 Å². The molecular formula is C7H9F6NO2. The molecule has 0 amide bonds. The molecule has 1 atom stereocenters. The highest BCUT2D eigenvalue weighted by atomic mass is 19.4. The third kappa shape index (κ3) is 3.87. The highest BCUT2D eigenvalue weighted by Gasteiger charge is 2.58. The molecule has 96 valence electrons. The van der Waals surface area contributed by atoms with Gasteiger partial charge in [-0.2, -0.15) is 26.3 Å². The average Bonchev–Trinajstić information content (AvgIpc) is 1.98. The molecule has 0 radical (unpaired) electrons. The molecule has 1 unspecified atom stereocenters. The standard InChI is InChI=1S/C7H9F6NO2/c1-3-16-5(15)4(2)14(6(8,9)10)7(11,12)13/h4H,3H2,1-2H3. The third-order valence-electron chi connectivity index (χ3n) is 1.56. The van der Waals surface area contributed by atoms with E-state index in [1.807, 2.05) is 0 Å². The van der Waals surface area contributed by atoms with Gasteiger partial charge in [0.1, 0.15) is 6.04 Å². The van der Waals surface area contributed by atoms with E-state index in [0.29, 0.717) is 6.92 Å². The quantitative estimate of drug-likeness (QED) is 0.439. The molecule has 0 aliphatic heterocycles. The molecule has 0 spiro atoms. The van der Waals surface area contributed by atoms with Crippen molar-refractivity contribution in [2.24, 2.45) is 0 Å². The maximum Gasteiger partial charge on any atom is 0.467 e. The van der Waals surface area contributed by atoms with E-state index in [4.69, 9.17) is 0 Å². The number of hydrogen-bond acceptors (Lipinski definition) is 3. The van der Waals surface area contributed by atoms with Gasteiger partial charge in [0.2, 0.25) is 0 Å². The van der Waals surface area contributed by atoms with Crippen molar-refractivity contribution in [3.63, 3.8) is 0 Å². The molecule has 0 aromatic rings. The summed E-state index contributed by atoms with van der Waals surface area (Å²) in [6, 6.07) is -2.47. The van der Waals surface area contributed by atoms with Crippen LogP contribution >= 0.6 is 0 Å². The lowest BCUT2D eigenvalue weighted by atomic mass is 10.3. The van der Waals surface area contributed by atoms with Crippen molar-refractivity contribution < 1.29 is 35.9 Å². The Balaban J connectivity index is 5.00. The molecule has 9 heteroatoms. The van der Waals surface area contributed by atoms with Crippen molar-refractivity contribution in [1.82, 2.24) is 4.90 Å². The molecule has 0 heterocycles. The van der Waals surface area contributed by atoms with Crippen LogP contribution in [0.15, 0.2) is 0 Å². The molecule has 0 fully saturated rings. The van der Waals surface area contributed by atoms with Crippen LogP contribution in [0.5, 0.6) is 0 Å². The number of halogens is 6. The topological polar surface area (TPSA) is 29.5 Å². The van der Waals surface area contributed by atoms with Crippen LogP contribution in [0.1, 0.15) is 13.8 Å². The molecule has 0 bridgehead atoms. The Labute approximate surface area is 87.0 Å². The summed E-state index contributed by atoms with van der Waals surface area (Å²) < 4.78 is 76.5. The van der Waals surface area contributed by atoms with Crippen molar-refractivity contribution in [2.45, 2.75) is 32.5 Å². The number of nitrogens with zero attached hydrogens (tertiary/aromatic N) is 1. The molecule has 0 aliphatic rings. The second-order valence-corrected chi connectivity index (χ2v) is 2.73. The Morgan fingerprint density at radius 1 is 1.19 bits per heavy atom. The smallest absolute Gasteiger partial charge is 0.465 e. The van der Waals surface area contributed by atoms with E-state index in [2.05, 4.69) is 4.74 Å². The van der Waals surface area contributed by atoms with Gasteiger partial charge in [-0.15, -0.1) is 4.90 Å². The molecule has 16 heavy (non-hydrogen) atoms. The average molecular weight is 253 g/mol. The molecular weight excluding hydrogens is 244 g/mol. The minimum Gasteiger partial charge on any atom is -0.465 e. The number of alkyl halides is 6. The highest BCUT2D eigenvalue weighted by Crippen LogP contribution is 2.35. The minimum absolute atomic E-state index is 0.299. The SMILES string of the molecule is CCOC(=O)C(C)N(C(F)(F)F)C(F)(F)F. The maximum absolute atomic E-state index is 12.1. The Hall–Kier alpha value is -0.990. The molecule has 0 aromatic heterocycles. The lowest BCUT2D eigenvalue weighted by Gasteiger charge is -2.30. The summed E-state index contributed by atoms with van der Waals surface area (Å²) in [4.78, 5) is 9.01. The number of carbonyl (C=O) groups is 1. The van der Waals surface area contributed by atoms with E-state index < -0.39 is 29.5 Å². The zero-order valence-corrected chi connectivity index (χ0v) is 8.32. The van der Waals surface area contributed by atoms with Crippen LogP contribution in [0.2, 0.25) is 0 Å². The monoisotopic (exact) mass is 253 g/mol. The van der Waals surface area contributed by atoms with Gasteiger partial charge in [-0.25, -0.2) is 0 Å². The molecule has 0 N–H and O–H groups in total. The summed E-state index contributed by atoms with van der Waals surface area (Å²) >= 11 is 0. The highest BCUT2D eigenvalue weighted by molar-refractivity contribution is 5.75. The first-order valence-corrected chi connectivity index (χ1v) is 4.11. The zero-order valence-electron chi connectivity index (χ0n) is 8.32.